The summed E-state index contributed by atoms with van der Waals surface area (Å²) in [7, 11) is 0. The van der Waals surface area contributed by atoms with Crippen molar-refractivity contribution in [1.82, 2.24) is 0 Å². The molecule has 6 heteroatoms. The van der Waals surface area contributed by atoms with Gasteiger partial charge in [0.1, 0.15) is 0 Å². The van der Waals surface area contributed by atoms with Gasteiger partial charge in [0, 0.05) is 11.8 Å². The Hall–Kier alpha value is -1.98. The van der Waals surface area contributed by atoms with Crippen LogP contribution < -0.4 is 0 Å². The lowest BCUT2D eigenvalue weighted by molar-refractivity contribution is -0.190. The van der Waals surface area contributed by atoms with E-state index in [1.54, 1.807) is 41.5 Å². The van der Waals surface area contributed by atoms with Crippen LogP contribution in [-0.4, -0.2) is 35.7 Å². The molecule has 2 bridgehead atoms. The van der Waals surface area contributed by atoms with Crippen LogP contribution in [0.5, 0.6) is 0 Å². The number of ketones is 2. The molecule has 27 heavy (non-hydrogen) atoms. The van der Waals surface area contributed by atoms with Gasteiger partial charge in [-0.2, -0.15) is 0 Å². The van der Waals surface area contributed by atoms with Crippen molar-refractivity contribution >= 4 is 23.5 Å². The third kappa shape index (κ3) is 3.34. The highest BCUT2D eigenvalue weighted by Gasteiger charge is 2.61. The zero-order valence-corrected chi connectivity index (χ0v) is 16.8. The molecule has 2 fully saturated rings. The molecule has 0 unspecified atom stereocenters. The maximum atomic E-state index is 13.2. The van der Waals surface area contributed by atoms with Crippen molar-refractivity contribution in [3.05, 3.63) is 12.2 Å². The lowest BCUT2D eigenvalue weighted by Crippen LogP contribution is -2.59. The number of fused-ring (bicyclic) bond motifs is 5. The van der Waals surface area contributed by atoms with Crippen LogP contribution in [0.2, 0.25) is 0 Å². The highest BCUT2D eigenvalue weighted by molar-refractivity contribution is 6.05. The van der Waals surface area contributed by atoms with Gasteiger partial charge in [0.25, 0.3) is 0 Å². The Kier molecular flexibility index (Phi) is 4.60. The van der Waals surface area contributed by atoms with E-state index in [4.69, 9.17) is 9.47 Å². The lowest BCUT2D eigenvalue weighted by atomic mass is 9.69. The van der Waals surface area contributed by atoms with Crippen molar-refractivity contribution in [2.45, 2.75) is 60.2 Å². The summed E-state index contributed by atoms with van der Waals surface area (Å²) in [6.07, 6.45) is 1.95. The van der Waals surface area contributed by atoms with E-state index in [0.717, 1.165) is 6.42 Å². The highest BCUT2D eigenvalue weighted by atomic mass is 16.6. The van der Waals surface area contributed by atoms with Gasteiger partial charge >= 0.3 is 11.9 Å². The van der Waals surface area contributed by atoms with Crippen molar-refractivity contribution in [3.8, 4) is 0 Å². The number of rotatable bonds is 2. The van der Waals surface area contributed by atoms with Gasteiger partial charge in [-0.15, -0.1) is 0 Å². The zero-order chi connectivity index (χ0) is 20.3. The van der Waals surface area contributed by atoms with Gasteiger partial charge in [-0.25, -0.2) is 0 Å². The standard InChI is InChI=1S/C21H28O6/c1-20(2,3)18(24)26-16-14(22)12-10-7-8-11(9-10)13(12)15(23)17(16)27-19(25)21(4,5)6/h7-8,10-13,16-17H,9H2,1-6H3/t10-,11+,12-,13+,16-,17-/m0/s1. The predicted octanol–water partition coefficient (Wildman–Crippen LogP) is 2.49. The number of allylic oxidation sites excluding steroid dienone is 2. The molecule has 0 heterocycles. The lowest BCUT2D eigenvalue weighted by Gasteiger charge is -2.39. The first-order valence-corrected chi connectivity index (χ1v) is 9.50. The van der Waals surface area contributed by atoms with Gasteiger partial charge in [-0.05, 0) is 59.8 Å². The number of esters is 2. The fourth-order valence-electron chi connectivity index (χ4n) is 4.10. The van der Waals surface area contributed by atoms with E-state index in [9.17, 15) is 19.2 Å². The van der Waals surface area contributed by atoms with Crippen molar-refractivity contribution < 1.29 is 28.7 Å². The Morgan fingerprint density at radius 2 is 1.11 bits per heavy atom. The van der Waals surface area contributed by atoms with E-state index >= 15 is 0 Å². The number of hydrogen-bond donors (Lipinski definition) is 0. The minimum atomic E-state index is -1.37. The molecule has 0 aliphatic heterocycles. The Labute approximate surface area is 159 Å². The van der Waals surface area contributed by atoms with Gasteiger partial charge < -0.3 is 9.47 Å². The van der Waals surface area contributed by atoms with E-state index in [1.807, 2.05) is 12.2 Å². The first-order valence-electron chi connectivity index (χ1n) is 9.50. The zero-order valence-electron chi connectivity index (χ0n) is 16.8. The smallest absolute Gasteiger partial charge is 0.312 e. The molecule has 148 valence electrons. The number of carbonyl (C=O) groups excluding carboxylic acids is 4. The summed E-state index contributed by atoms with van der Waals surface area (Å²) in [6, 6.07) is 0. The normalized spacial score (nSPS) is 35.2. The molecule has 0 N–H and O–H groups in total. The van der Waals surface area contributed by atoms with Crippen LogP contribution in [0.4, 0.5) is 0 Å². The molecule has 0 spiro atoms. The van der Waals surface area contributed by atoms with E-state index in [-0.39, 0.29) is 23.4 Å². The number of hydrogen-bond acceptors (Lipinski definition) is 6. The van der Waals surface area contributed by atoms with Crippen LogP contribution in [0.25, 0.3) is 0 Å². The van der Waals surface area contributed by atoms with Crippen LogP contribution in [0.15, 0.2) is 12.2 Å². The molecule has 0 amide bonds. The number of Topliss-reactive ketones (excluding diaryl/α,β-unsaturated/α-hetero) is 2. The molecule has 3 aliphatic carbocycles. The molecule has 0 aromatic rings. The Morgan fingerprint density at radius 3 is 1.41 bits per heavy atom. The van der Waals surface area contributed by atoms with Crippen molar-refractivity contribution in [2.75, 3.05) is 0 Å². The predicted molar refractivity (Wildman–Crippen MR) is 96.4 cm³/mol. The molecule has 2 saturated carbocycles. The van der Waals surface area contributed by atoms with Crippen LogP contribution in [-0.2, 0) is 28.7 Å². The summed E-state index contributed by atoms with van der Waals surface area (Å²) in [5.74, 6) is -2.80. The van der Waals surface area contributed by atoms with Crippen LogP contribution in [0.1, 0.15) is 48.0 Å². The van der Waals surface area contributed by atoms with Crippen LogP contribution in [0.3, 0.4) is 0 Å². The van der Waals surface area contributed by atoms with Gasteiger partial charge in [-0.1, -0.05) is 12.2 Å². The maximum absolute atomic E-state index is 13.2. The molecule has 0 aromatic carbocycles. The molecule has 3 rings (SSSR count). The van der Waals surface area contributed by atoms with Gasteiger partial charge in [0.2, 0.25) is 12.2 Å². The molecule has 6 atom stereocenters. The topological polar surface area (TPSA) is 86.7 Å². The Bertz CT molecular complexity index is 660. The summed E-state index contributed by atoms with van der Waals surface area (Å²) in [5.41, 5.74) is -1.68. The molecule has 3 aliphatic rings. The SMILES string of the molecule is CC(C)(C)C(=O)O[C@H]1C(=O)[C@@H]2[C@H](C(=O)[C@@H]1OC(=O)C(C)(C)C)[C@@H]1C=C[C@H]2C1. The fourth-order valence-corrected chi connectivity index (χ4v) is 4.10. The maximum Gasteiger partial charge on any atom is 0.312 e. The average Bonchev–Trinajstić information content (AvgIpc) is 3.14. The average molecular weight is 376 g/mol. The monoisotopic (exact) mass is 376 g/mol. The van der Waals surface area contributed by atoms with Gasteiger partial charge in [0.15, 0.2) is 11.6 Å². The Morgan fingerprint density at radius 1 is 0.778 bits per heavy atom. The summed E-state index contributed by atoms with van der Waals surface area (Å²) in [5, 5.41) is 0. The largest absolute Gasteiger partial charge is 0.449 e. The molecular formula is C21H28O6. The first-order chi connectivity index (χ1) is 12.3. The first kappa shape index (κ1) is 19.8. The minimum Gasteiger partial charge on any atom is -0.449 e. The molecule has 6 nitrogen and oxygen atoms in total. The third-order valence-corrected chi connectivity index (χ3v) is 5.64. The van der Waals surface area contributed by atoms with E-state index < -0.39 is 46.8 Å². The van der Waals surface area contributed by atoms with Gasteiger partial charge in [0.05, 0.1) is 10.8 Å². The number of ether oxygens (including phenoxy) is 2. The quantitative estimate of drug-likeness (QED) is 0.544. The third-order valence-electron chi connectivity index (χ3n) is 5.64. The summed E-state index contributed by atoms with van der Waals surface area (Å²) in [6.45, 7) is 10.0. The van der Waals surface area contributed by atoms with Crippen molar-refractivity contribution in [2.24, 2.45) is 34.5 Å². The summed E-state index contributed by atoms with van der Waals surface area (Å²) >= 11 is 0. The van der Waals surface area contributed by atoms with E-state index in [1.165, 1.54) is 0 Å². The summed E-state index contributed by atoms with van der Waals surface area (Å²) < 4.78 is 10.9. The van der Waals surface area contributed by atoms with E-state index in [2.05, 4.69) is 0 Å². The highest BCUT2D eigenvalue weighted by Crippen LogP contribution is 2.52. The second-order valence-electron chi connectivity index (χ2n) is 9.96. The molecular weight excluding hydrogens is 348 g/mol. The molecule has 0 aromatic heterocycles. The Balaban J connectivity index is 1.94. The number of carbonyl (C=O) groups is 4. The molecule has 0 radical (unpaired) electrons. The van der Waals surface area contributed by atoms with Crippen molar-refractivity contribution in [3.63, 3.8) is 0 Å². The second-order valence-corrected chi connectivity index (χ2v) is 9.96. The second kappa shape index (κ2) is 6.28. The molecule has 0 saturated heterocycles. The van der Waals surface area contributed by atoms with Crippen molar-refractivity contribution in [1.29, 1.82) is 0 Å². The minimum absolute atomic E-state index is 0.00782. The fraction of sp³-hybridized carbons (Fsp3) is 0.714. The van der Waals surface area contributed by atoms with Crippen LogP contribution in [0, 0.1) is 34.5 Å². The van der Waals surface area contributed by atoms with Gasteiger partial charge in [-0.3, -0.25) is 19.2 Å². The van der Waals surface area contributed by atoms with E-state index in [0.29, 0.717) is 0 Å². The van der Waals surface area contributed by atoms with Crippen LogP contribution >= 0.6 is 0 Å². The summed E-state index contributed by atoms with van der Waals surface area (Å²) in [4.78, 5) is 51.2.